The lowest BCUT2D eigenvalue weighted by Crippen LogP contribution is -2.46. The van der Waals surface area contributed by atoms with Crippen molar-refractivity contribution in [3.05, 3.63) is 94.3 Å². The SMILES string of the molecule is Cc1cc(C(=O)Nc2cccc(C(C)[N-]C=CNC3=C[N+](C)(C)C3)c2)ccc1CN1CCC2CC2CC1. The third kappa shape index (κ3) is 6.62. The minimum Gasteiger partial charge on any atom is -0.683 e. The van der Waals surface area contributed by atoms with Crippen LogP contribution in [0.3, 0.4) is 0 Å². The van der Waals surface area contributed by atoms with Crippen molar-refractivity contribution in [2.24, 2.45) is 11.8 Å². The first-order valence-electron chi connectivity index (χ1n) is 13.6. The normalized spacial score (nSPS) is 23.3. The fourth-order valence-electron chi connectivity index (χ4n) is 5.64. The van der Waals surface area contributed by atoms with Crippen LogP contribution in [0.2, 0.25) is 0 Å². The maximum Gasteiger partial charge on any atom is 0.255 e. The van der Waals surface area contributed by atoms with Crippen LogP contribution in [0.25, 0.3) is 5.32 Å². The highest BCUT2D eigenvalue weighted by atomic mass is 16.1. The van der Waals surface area contributed by atoms with E-state index in [0.29, 0.717) is 5.56 Å². The second-order valence-electron chi connectivity index (χ2n) is 11.7. The maximum absolute atomic E-state index is 13.0. The van der Waals surface area contributed by atoms with Gasteiger partial charge in [-0.3, -0.25) is 14.2 Å². The van der Waals surface area contributed by atoms with Gasteiger partial charge in [0.05, 0.1) is 14.1 Å². The molecule has 196 valence electrons. The number of carbonyl (C=O) groups excluding carboxylic acids is 1. The molecule has 5 rings (SSSR count). The fourth-order valence-corrected chi connectivity index (χ4v) is 5.64. The number of hydrogen-bond acceptors (Lipinski definition) is 3. The Balaban J connectivity index is 1.13. The molecule has 0 aromatic heterocycles. The highest BCUT2D eigenvalue weighted by molar-refractivity contribution is 6.04. The third-order valence-electron chi connectivity index (χ3n) is 8.06. The molecule has 1 amide bonds. The van der Waals surface area contributed by atoms with Gasteiger partial charge >= 0.3 is 0 Å². The molecule has 2 fully saturated rings. The van der Waals surface area contributed by atoms with Gasteiger partial charge in [0.1, 0.15) is 18.4 Å². The van der Waals surface area contributed by atoms with E-state index in [1.165, 1.54) is 49.2 Å². The predicted octanol–water partition coefficient (Wildman–Crippen LogP) is 5.91. The lowest BCUT2D eigenvalue weighted by atomic mass is 10.0. The van der Waals surface area contributed by atoms with Crippen LogP contribution >= 0.6 is 0 Å². The average molecular weight is 500 g/mol. The summed E-state index contributed by atoms with van der Waals surface area (Å²) in [5.41, 5.74) is 6.27. The molecule has 1 aliphatic carbocycles. The zero-order chi connectivity index (χ0) is 26.0. The van der Waals surface area contributed by atoms with E-state index in [0.717, 1.165) is 40.7 Å². The van der Waals surface area contributed by atoms with Gasteiger partial charge in [-0.05, 0) is 92.7 Å². The van der Waals surface area contributed by atoms with Crippen molar-refractivity contribution in [1.29, 1.82) is 0 Å². The highest BCUT2D eigenvalue weighted by Crippen LogP contribution is 2.45. The number of nitrogens with zero attached hydrogens (tertiary/aromatic N) is 3. The van der Waals surface area contributed by atoms with Crippen molar-refractivity contribution < 1.29 is 9.28 Å². The minimum atomic E-state index is -0.0783. The second kappa shape index (κ2) is 10.7. The first-order valence-corrected chi connectivity index (χ1v) is 13.6. The summed E-state index contributed by atoms with van der Waals surface area (Å²) in [4.78, 5) is 15.6. The monoisotopic (exact) mass is 499 g/mol. The molecule has 6 nitrogen and oxygen atoms in total. The van der Waals surface area contributed by atoms with Crippen molar-refractivity contribution in [2.45, 2.75) is 45.7 Å². The second-order valence-corrected chi connectivity index (χ2v) is 11.7. The molecule has 3 aliphatic rings. The number of aryl methyl sites for hydroxylation is 1. The quantitative estimate of drug-likeness (QED) is 0.422. The molecule has 2 aliphatic heterocycles. The molecule has 1 saturated heterocycles. The summed E-state index contributed by atoms with van der Waals surface area (Å²) in [7, 11) is 4.34. The zero-order valence-electron chi connectivity index (χ0n) is 22.7. The standard InChI is InChI=1S/C31H41N5O/c1-22-16-27(8-9-28(22)19-35-14-10-25-17-26(25)11-15-35)31(37)34-29-7-5-6-24(18-29)23(2)32-12-13-33-30-20-36(3,4)21-30/h5-9,12-13,16,18,20,23,25-26,33H,10-11,14-15,17,19,21H2,1-4H3,(H,34,37). The summed E-state index contributed by atoms with van der Waals surface area (Å²) in [6, 6.07) is 14.1. The van der Waals surface area contributed by atoms with Crippen LogP contribution in [0.1, 0.15) is 59.3 Å². The Hall–Kier alpha value is -3.09. The lowest BCUT2D eigenvalue weighted by Gasteiger charge is -2.34. The number of likely N-dealkylation sites (tertiary alicyclic amines) is 1. The molecule has 0 bridgehead atoms. The van der Waals surface area contributed by atoms with E-state index in [1.54, 1.807) is 0 Å². The number of benzene rings is 2. The number of nitrogens with one attached hydrogen (secondary N) is 2. The van der Waals surface area contributed by atoms with E-state index in [1.807, 2.05) is 48.8 Å². The summed E-state index contributed by atoms with van der Waals surface area (Å²) in [5, 5.41) is 11.0. The molecule has 6 heteroatoms. The van der Waals surface area contributed by atoms with Gasteiger partial charge in [0.25, 0.3) is 5.91 Å². The molecule has 2 aromatic carbocycles. The summed E-state index contributed by atoms with van der Waals surface area (Å²) in [6.45, 7) is 8.56. The Morgan fingerprint density at radius 3 is 2.62 bits per heavy atom. The van der Waals surface area contributed by atoms with Crippen LogP contribution in [-0.2, 0) is 6.54 Å². The highest BCUT2D eigenvalue weighted by Gasteiger charge is 2.38. The number of fused-ring (bicyclic) bond motifs is 1. The lowest BCUT2D eigenvalue weighted by molar-refractivity contribution is -0.853. The van der Waals surface area contributed by atoms with Crippen molar-refractivity contribution in [2.75, 3.05) is 39.0 Å². The van der Waals surface area contributed by atoms with Crippen LogP contribution in [0.5, 0.6) is 0 Å². The Morgan fingerprint density at radius 2 is 1.92 bits per heavy atom. The number of hydrogen-bond donors (Lipinski definition) is 2. The van der Waals surface area contributed by atoms with Crippen LogP contribution in [0, 0.1) is 18.8 Å². The van der Waals surface area contributed by atoms with Crippen molar-refractivity contribution in [1.82, 2.24) is 10.2 Å². The molecular weight excluding hydrogens is 458 g/mol. The smallest absolute Gasteiger partial charge is 0.255 e. The number of quaternary nitrogens is 1. The molecular formula is C31H41N5O. The first kappa shape index (κ1) is 25.6. The molecule has 3 atom stereocenters. The molecule has 2 aromatic rings. The molecule has 0 spiro atoms. The fraction of sp³-hybridized carbons (Fsp3) is 0.452. The van der Waals surface area contributed by atoms with Crippen LogP contribution in [0.15, 0.2) is 66.8 Å². The number of anilines is 1. The zero-order valence-corrected chi connectivity index (χ0v) is 22.7. The molecule has 2 heterocycles. The number of likely N-dealkylation sites (N-methyl/N-ethyl adjacent to an activating group) is 1. The third-order valence-corrected chi connectivity index (χ3v) is 8.06. The van der Waals surface area contributed by atoms with Gasteiger partial charge in [-0.15, -0.1) is 0 Å². The molecule has 0 radical (unpaired) electrons. The summed E-state index contributed by atoms with van der Waals surface area (Å²) < 4.78 is 0.908. The van der Waals surface area contributed by atoms with Gasteiger partial charge in [0.15, 0.2) is 0 Å². The van der Waals surface area contributed by atoms with Gasteiger partial charge in [0, 0.05) is 17.8 Å². The van der Waals surface area contributed by atoms with E-state index >= 15 is 0 Å². The number of rotatable bonds is 9. The summed E-state index contributed by atoms with van der Waals surface area (Å²) in [5.74, 6) is 1.90. The number of amides is 1. The van der Waals surface area contributed by atoms with Crippen molar-refractivity contribution >= 4 is 11.6 Å². The number of carbonyl (C=O) groups is 1. The van der Waals surface area contributed by atoms with Crippen LogP contribution in [0.4, 0.5) is 5.69 Å². The predicted molar refractivity (Wildman–Crippen MR) is 151 cm³/mol. The summed E-state index contributed by atoms with van der Waals surface area (Å²) >= 11 is 0. The molecule has 1 saturated carbocycles. The van der Waals surface area contributed by atoms with Gasteiger partial charge < -0.3 is 16.0 Å². The van der Waals surface area contributed by atoms with Crippen LogP contribution < -0.4 is 10.6 Å². The average Bonchev–Trinajstić information content (AvgIpc) is 3.63. The Bertz CT molecular complexity index is 1190. The van der Waals surface area contributed by atoms with Crippen molar-refractivity contribution in [3.63, 3.8) is 0 Å². The van der Waals surface area contributed by atoms with Gasteiger partial charge in [0.2, 0.25) is 0 Å². The minimum absolute atomic E-state index is 0.0103. The van der Waals surface area contributed by atoms with E-state index in [2.05, 4.69) is 61.1 Å². The maximum atomic E-state index is 13.0. The first-order chi connectivity index (χ1) is 17.8. The van der Waals surface area contributed by atoms with Gasteiger partial charge in [-0.2, -0.15) is 6.20 Å². The van der Waals surface area contributed by atoms with Gasteiger partial charge in [-0.1, -0.05) is 36.7 Å². The van der Waals surface area contributed by atoms with E-state index in [9.17, 15) is 4.79 Å². The Kier molecular flexibility index (Phi) is 7.40. The Labute approximate surface area is 222 Å². The molecule has 3 unspecified atom stereocenters. The van der Waals surface area contributed by atoms with Crippen molar-refractivity contribution in [3.8, 4) is 0 Å². The molecule has 37 heavy (non-hydrogen) atoms. The van der Waals surface area contributed by atoms with E-state index in [-0.39, 0.29) is 11.9 Å². The Morgan fingerprint density at radius 1 is 1.16 bits per heavy atom. The summed E-state index contributed by atoms with van der Waals surface area (Å²) in [6.07, 6.45) is 10.0. The van der Waals surface area contributed by atoms with E-state index in [4.69, 9.17) is 0 Å². The molecule has 2 N–H and O–H groups in total. The van der Waals surface area contributed by atoms with Crippen LogP contribution in [-0.4, -0.2) is 49.0 Å². The van der Waals surface area contributed by atoms with E-state index < -0.39 is 0 Å². The topological polar surface area (TPSA) is 58.5 Å². The largest absolute Gasteiger partial charge is 0.683 e. The van der Waals surface area contributed by atoms with Gasteiger partial charge in [-0.25, -0.2) is 0 Å².